The average Bonchev–Trinajstić information content (AvgIpc) is 2.98. The number of nitrogens with one attached hydrogen (secondary N) is 1. The monoisotopic (exact) mass is 307 g/mol. The van der Waals surface area contributed by atoms with Crippen LogP contribution in [0.3, 0.4) is 0 Å². The number of hydrogen-bond donors (Lipinski definition) is 1. The standard InChI is InChI=1S/C18H17N3O2/c1-13-16(17(21-23-13)15-8-5-10-19-12-15)18(22)20-11-9-14-6-3-2-4-7-14/h2-8,10,12H,9,11H2,1H3,(H,20,22). The lowest BCUT2D eigenvalue weighted by Gasteiger charge is -2.06. The van der Waals surface area contributed by atoms with Crippen molar-refractivity contribution in [1.29, 1.82) is 0 Å². The molecule has 0 saturated carbocycles. The van der Waals surface area contributed by atoms with Crippen LogP contribution in [0.15, 0.2) is 59.4 Å². The third-order valence-electron chi connectivity index (χ3n) is 3.57. The Balaban J connectivity index is 1.71. The van der Waals surface area contributed by atoms with Crippen molar-refractivity contribution in [3.63, 3.8) is 0 Å². The van der Waals surface area contributed by atoms with E-state index in [1.807, 2.05) is 36.4 Å². The van der Waals surface area contributed by atoms with Crippen molar-refractivity contribution in [2.24, 2.45) is 0 Å². The second-order valence-corrected chi connectivity index (χ2v) is 5.20. The van der Waals surface area contributed by atoms with Crippen molar-refractivity contribution in [3.05, 3.63) is 71.7 Å². The summed E-state index contributed by atoms with van der Waals surface area (Å²) < 4.78 is 5.20. The number of aryl methyl sites for hydroxylation is 1. The van der Waals surface area contributed by atoms with E-state index in [9.17, 15) is 4.79 Å². The summed E-state index contributed by atoms with van der Waals surface area (Å²) in [5, 5.41) is 6.92. The number of hydrogen-bond acceptors (Lipinski definition) is 4. The Hall–Kier alpha value is -2.95. The lowest BCUT2D eigenvalue weighted by molar-refractivity contribution is 0.0953. The number of pyridine rings is 1. The Kier molecular flexibility index (Phi) is 4.47. The number of carbonyl (C=O) groups excluding carboxylic acids is 1. The summed E-state index contributed by atoms with van der Waals surface area (Å²) in [6, 6.07) is 13.7. The SMILES string of the molecule is Cc1onc(-c2cccnc2)c1C(=O)NCCc1ccccc1. The highest BCUT2D eigenvalue weighted by molar-refractivity contribution is 6.00. The van der Waals surface area contributed by atoms with Crippen LogP contribution in [0.25, 0.3) is 11.3 Å². The van der Waals surface area contributed by atoms with Crippen molar-refractivity contribution >= 4 is 5.91 Å². The van der Waals surface area contributed by atoms with Crippen molar-refractivity contribution in [1.82, 2.24) is 15.5 Å². The van der Waals surface area contributed by atoms with Crippen LogP contribution in [0.2, 0.25) is 0 Å². The molecule has 116 valence electrons. The first-order chi connectivity index (χ1) is 11.3. The molecule has 0 fully saturated rings. The molecule has 0 saturated heterocycles. The topological polar surface area (TPSA) is 68.0 Å². The average molecular weight is 307 g/mol. The second kappa shape index (κ2) is 6.87. The van der Waals surface area contributed by atoms with Gasteiger partial charge in [0.1, 0.15) is 17.0 Å². The zero-order valence-corrected chi connectivity index (χ0v) is 12.8. The van der Waals surface area contributed by atoms with E-state index in [-0.39, 0.29) is 5.91 Å². The molecule has 0 aliphatic heterocycles. The van der Waals surface area contributed by atoms with Crippen LogP contribution in [0.4, 0.5) is 0 Å². The van der Waals surface area contributed by atoms with Crippen LogP contribution in [-0.2, 0) is 6.42 Å². The molecule has 1 aromatic carbocycles. The van der Waals surface area contributed by atoms with E-state index in [2.05, 4.69) is 15.5 Å². The van der Waals surface area contributed by atoms with Crippen LogP contribution >= 0.6 is 0 Å². The van der Waals surface area contributed by atoms with Gasteiger partial charge in [-0.25, -0.2) is 0 Å². The van der Waals surface area contributed by atoms with Gasteiger partial charge in [-0.05, 0) is 31.0 Å². The van der Waals surface area contributed by atoms with Gasteiger partial charge in [0.25, 0.3) is 5.91 Å². The minimum atomic E-state index is -0.182. The van der Waals surface area contributed by atoms with Crippen molar-refractivity contribution in [2.75, 3.05) is 6.54 Å². The smallest absolute Gasteiger partial charge is 0.257 e. The van der Waals surface area contributed by atoms with Gasteiger partial charge in [-0.3, -0.25) is 9.78 Å². The minimum Gasteiger partial charge on any atom is -0.360 e. The van der Waals surface area contributed by atoms with Gasteiger partial charge in [0, 0.05) is 24.5 Å². The molecule has 2 heterocycles. The molecule has 2 aromatic heterocycles. The van der Waals surface area contributed by atoms with Crippen molar-refractivity contribution in [3.8, 4) is 11.3 Å². The molecule has 0 aliphatic carbocycles. The summed E-state index contributed by atoms with van der Waals surface area (Å²) in [6.07, 6.45) is 4.12. The van der Waals surface area contributed by atoms with Gasteiger partial charge >= 0.3 is 0 Å². The number of aromatic nitrogens is 2. The molecule has 1 N–H and O–H groups in total. The minimum absolute atomic E-state index is 0.182. The van der Waals surface area contributed by atoms with Crippen molar-refractivity contribution < 1.29 is 9.32 Å². The highest BCUT2D eigenvalue weighted by Gasteiger charge is 2.21. The maximum absolute atomic E-state index is 12.5. The van der Waals surface area contributed by atoms with Gasteiger partial charge in [-0.15, -0.1) is 0 Å². The summed E-state index contributed by atoms with van der Waals surface area (Å²) in [6.45, 7) is 2.29. The molecule has 5 heteroatoms. The zero-order valence-electron chi connectivity index (χ0n) is 12.8. The van der Waals surface area contributed by atoms with Gasteiger partial charge < -0.3 is 9.84 Å². The fourth-order valence-electron chi connectivity index (χ4n) is 2.39. The molecule has 0 unspecified atom stereocenters. The van der Waals surface area contributed by atoms with Gasteiger partial charge in [-0.2, -0.15) is 0 Å². The van der Waals surface area contributed by atoms with Crippen LogP contribution in [0.5, 0.6) is 0 Å². The van der Waals surface area contributed by atoms with Crippen LogP contribution in [-0.4, -0.2) is 22.6 Å². The highest BCUT2D eigenvalue weighted by Crippen LogP contribution is 2.24. The zero-order chi connectivity index (χ0) is 16.1. The molecule has 0 bridgehead atoms. The molecule has 0 spiro atoms. The number of rotatable bonds is 5. The van der Waals surface area contributed by atoms with E-state index in [0.29, 0.717) is 23.6 Å². The quantitative estimate of drug-likeness (QED) is 0.786. The Morgan fingerprint density at radius 2 is 2.00 bits per heavy atom. The first kappa shape index (κ1) is 15.0. The summed E-state index contributed by atoms with van der Waals surface area (Å²) in [5.41, 5.74) is 2.93. The highest BCUT2D eigenvalue weighted by atomic mass is 16.5. The third-order valence-corrected chi connectivity index (χ3v) is 3.57. The van der Waals surface area contributed by atoms with Gasteiger partial charge in [-0.1, -0.05) is 35.5 Å². The summed E-state index contributed by atoms with van der Waals surface area (Å²) in [5.74, 6) is 0.319. The Morgan fingerprint density at radius 1 is 1.17 bits per heavy atom. The lowest BCUT2D eigenvalue weighted by Crippen LogP contribution is -2.26. The third kappa shape index (κ3) is 3.45. The van der Waals surface area contributed by atoms with Crippen LogP contribution in [0, 0.1) is 6.92 Å². The van der Waals surface area contributed by atoms with E-state index in [1.165, 1.54) is 5.56 Å². The summed E-state index contributed by atoms with van der Waals surface area (Å²) in [4.78, 5) is 16.5. The molecular formula is C18H17N3O2. The number of carbonyl (C=O) groups is 1. The fourth-order valence-corrected chi connectivity index (χ4v) is 2.39. The lowest BCUT2D eigenvalue weighted by atomic mass is 10.1. The molecular weight excluding hydrogens is 290 g/mol. The predicted octanol–water partition coefficient (Wildman–Crippen LogP) is 3.02. The number of amides is 1. The normalized spacial score (nSPS) is 10.5. The van der Waals surface area contributed by atoms with Crippen LogP contribution in [0.1, 0.15) is 21.7 Å². The molecule has 0 atom stereocenters. The summed E-state index contributed by atoms with van der Waals surface area (Å²) in [7, 11) is 0. The predicted molar refractivity (Wildman–Crippen MR) is 87.0 cm³/mol. The van der Waals surface area contributed by atoms with Gasteiger partial charge in [0.05, 0.1) is 0 Å². The Morgan fingerprint density at radius 3 is 2.74 bits per heavy atom. The van der Waals surface area contributed by atoms with E-state index < -0.39 is 0 Å². The van der Waals surface area contributed by atoms with E-state index in [4.69, 9.17) is 4.52 Å². The molecule has 0 aliphatic rings. The van der Waals surface area contributed by atoms with Crippen molar-refractivity contribution in [2.45, 2.75) is 13.3 Å². The molecule has 1 amide bonds. The van der Waals surface area contributed by atoms with Gasteiger partial charge in [0.15, 0.2) is 0 Å². The number of benzene rings is 1. The van der Waals surface area contributed by atoms with E-state index in [1.54, 1.807) is 25.4 Å². The molecule has 3 aromatic rings. The number of nitrogens with zero attached hydrogens (tertiary/aromatic N) is 2. The van der Waals surface area contributed by atoms with E-state index in [0.717, 1.165) is 12.0 Å². The molecule has 5 nitrogen and oxygen atoms in total. The molecule has 3 rings (SSSR count). The molecule has 0 radical (unpaired) electrons. The largest absolute Gasteiger partial charge is 0.360 e. The van der Waals surface area contributed by atoms with Crippen LogP contribution < -0.4 is 5.32 Å². The van der Waals surface area contributed by atoms with E-state index >= 15 is 0 Å². The maximum atomic E-state index is 12.5. The maximum Gasteiger partial charge on any atom is 0.257 e. The summed E-state index contributed by atoms with van der Waals surface area (Å²) >= 11 is 0. The first-order valence-electron chi connectivity index (χ1n) is 7.44. The Labute approximate surface area is 134 Å². The Bertz CT molecular complexity index is 783. The first-order valence-corrected chi connectivity index (χ1v) is 7.44. The second-order valence-electron chi connectivity index (χ2n) is 5.20. The molecule has 23 heavy (non-hydrogen) atoms. The fraction of sp³-hybridized carbons (Fsp3) is 0.167. The van der Waals surface area contributed by atoms with Gasteiger partial charge in [0.2, 0.25) is 0 Å².